The monoisotopic (exact) mass is 1380 g/mol. The highest BCUT2D eigenvalue weighted by Gasteiger charge is 2.46. The number of hydrogen-bond donors (Lipinski definition) is 18. The van der Waals surface area contributed by atoms with Crippen LogP contribution >= 0.6 is 21.6 Å². The molecule has 96 heavy (non-hydrogen) atoms. The molecule has 2 aromatic rings. The van der Waals surface area contributed by atoms with Crippen molar-refractivity contribution in [1.29, 1.82) is 0 Å². The number of primary amides is 1. The Morgan fingerprint density at radius 2 is 1.14 bits per heavy atom. The molecule has 2 unspecified atom stereocenters. The molecule has 0 radical (unpaired) electrons. The summed E-state index contributed by atoms with van der Waals surface area (Å²) in [5.74, 6) is -10.4. The van der Waals surface area contributed by atoms with Gasteiger partial charge in [-0.15, -0.1) is 0 Å². The summed E-state index contributed by atoms with van der Waals surface area (Å²) in [6.45, 7) is 8.66. The van der Waals surface area contributed by atoms with Crippen LogP contribution in [0.25, 0.3) is 0 Å². The summed E-state index contributed by atoms with van der Waals surface area (Å²) in [5, 5.41) is 33.7. The average Bonchev–Trinajstić information content (AvgIpc) is 1.20. The summed E-state index contributed by atoms with van der Waals surface area (Å²) >= 11 is 0. The van der Waals surface area contributed by atoms with Crippen molar-refractivity contribution in [3.05, 3.63) is 65.7 Å². The van der Waals surface area contributed by atoms with Gasteiger partial charge in [-0.25, -0.2) is 0 Å². The number of hydrogen-bond acceptors (Lipinski definition) is 18. The molecule has 2 heterocycles. The van der Waals surface area contributed by atoms with Crippen molar-refractivity contribution >= 4 is 104 Å². The highest BCUT2D eigenvalue weighted by molar-refractivity contribution is 8.77. The molecule has 2 aliphatic rings. The van der Waals surface area contributed by atoms with Crippen LogP contribution in [0, 0.1) is 5.92 Å². The molecule has 0 bridgehead atoms. The number of carbonyl (C=O) groups excluding carboxylic acids is 11. The van der Waals surface area contributed by atoms with Crippen LogP contribution < -0.4 is 93.7 Å². The SMILES string of the molecule is CC[C@H](C)[C@@H]1NC(=O)C(CCCN=C(N)N)NC(=O)C(CCCN=C(N)N)NC(=O)[C@@H](NC(=O)[C@H](Cc2ccccc2)NC(=O)CNC(=O)CNC(=O)[C@@H](N)Cc2ccc(O)cc2)C(C)(C)SSC(C)(C)[C@H](C(N)=O)NC(=O)[C@@H]2CCCN2C(=O)[C@H](CCCN=C(N)N)NC1=O. The minimum atomic E-state index is -1.67. The van der Waals surface area contributed by atoms with Gasteiger partial charge in [0.15, 0.2) is 17.9 Å². The van der Waals surface area contributed by atoms with Crippen molar-refractivity contribution in [2.45, 2.75) is 176 Å². The van der Waals surface area contributed by atoms with Crippen molar-refractivity contribution in [3.8, 4) is 5.75 Å². The standard InChI is InChI=1S/C61H97N21O12S2/c1-7-33(2)45-54(92)78-40(19-13-27-72-59(68)69)56(94)82-28-14-20-42(82)53(91)80-46(48(63)86)60(3,4)95-96-61(5,6)47(55(93)77-38(17-11-25-70-57(64)65)50(88)76-39(51(89)79-45)18-12-26-71-58(66)67)81-52(90)41(30-34-15-9-8-10-16-34)75-44(85)32-73-43(84)31-74-49(87)37(62)29-35-21-23-36(83)24-22-35/h8-10,15-16,21-24,33,37-42,45-47,83H,7,11-14,17-20,25-32,62H2,1-6H3,(H2,63,86)(H,73,84)(H,74,87)(H,75,85)(H,76,88)(H,77,93)(H,78,92)(H,79,89)(H,80,91)(H,81,90)(H4,64,65,70)(H4,66,67,71)(H4,68,69,72)/t33-,37-,38?,39?,40-,41-,42-,45-,46-,47+/m0/s1. The summed E-state index contributed by atoms with van der Waals surface area (Å²) in [6, 6.07) is 2.09. The molecule has 10 atom stereocenters. The third-order valence-corrected chi connectivity index (χ3v) is 20.1. The zero-order chi connectivity index (χ0) is 71.5. The van der Waals surface area contributed by atoms with Gasteiger partial charge in [0.05, 0.1) is 19.1 Å². The first-order valence-corrected chi connectivity index (χ1v) is 33.7. The number of benzene rings is 2. The average molecular weight is 1380 g/mol. The lowest BCUT2D eigenvalue weighted by Gasteiger charge is -2.39. The lowest BCUT2D eigenvalue weighted by molar-refractivity contribution is -0.143. The number of nitrogens with two attached hydrogens (primary N) is 8. The van der Waals surface area contributed by atoms with Crippen LogP contribution in [0.3, 0.4) is 0 Å². The molecule has 26 N–H and O–H groups in total. The van der Waals surface area contributed by atoms with E-state index in [9.17, 15) is 48.3 Å². The minimum absolute atomic E-state index is 0.00158. The Morgan fingerprint density at radius 1 is 0.625 bits per heavy atom. The summed E-state index contributed by atoms with van der Waals surface area (Å²) in [7, 11) is 1.99. The smallest absolute Gasteiger partial charge is 0.245 e. The Morgan fingerprint density at radius 3 is 1.69 bits per heavy atom. The number of nitrogens with one attached hydrogen (secondary N) is 9. The Kier molecular flexibility index (Phi) is 31.8. The molecule has 4 rings (SSSR count). The van der Waals surface area contributed by atoms with Gasteiger partial charge in [-0.1, -0.05) is 84.3 Å². The van der Waals surface area contributed by atoms with Crippen LogP contribution in [0.4, 0.5) is 0 Å². The van der Waals surface area contributed by atoms with Gasteiger partial charge in [0, 0.05) is 42.1 Å². The molecule has 33 nitrogen and oxygen atoms in total. The van der Waals surface area contributed by atoms with Crippen molar-refractivity contribution < 1.29 is 57.8 Å². The molecule has 2 aliphatic heterocycles. The number of aliphatic imine (C=N–C) groups is 3. The van der Waals surface area contributed by atoms with Gasteiger partial charge in [0.25, 0.3) is 0 Å². The van der Waals surface area contributed by atoms with E-state index in [1.807, 2.05) is 0 Å². The summed E-state index contributed by atoms with van der Waals surface area (Å²) in [6.07, 6.45) is 0.748. The predicted octanol–water partition coefficient (Wildman–Crippen LogP) is -4.23. The van der Waals surface area contributed by atoms with Gasteiger partial charge in [-0.3, -0.25) is 67.7 Å². The fraction of sp³-hybridized carbons (Fsp3) is 0.574. The van der Waals surface area contributed by atoms with Crippen LogP contribution in [0.1, 0.15) is 110 Å². The molecule has 2 fully saturated rings. The van der Waals surface area contributed by atoms with Crippen LogP contribution in [0.5, 0.6) is 5.75 Å². The maximum absolute atomic E-state index is 15.4. The summed E-state index contributed by atoms with van der Waals surface area (Å²) in [4.78, 5) is 171. The predicted molar refractivity (Wildman–Crippen MR) is 366 cm³/mol. The number of fused-ring (bicyclic) bond motifs is 1. The number of phenols is 1. The molecule has 11 amide bonds. The number of nitrogens with zero attached hydrogens (tertiary/aromatic N) is 4. The van der Waals surface area contributed by atoms with E-state index < -0.39 is 148 Å². The highest BCUT2D eigenvalue weighted by Crippen LogP contribution is 2.47. The van der Waals surface area contributed by atoms with E-state index in [-0.39, 0.29) is 108 Å². The largest absolute Gasteiger partial charge is 0.508 e. The molecule has 2 saturated heterocycles. The minimum Gasteiger partial charge on any atom is -0.508 e. The molecular formula is C61H97N21O12S2. The molecule has 530 valence electrons. The lowest BCUT2D eigenvalue weighted by atomic mass is 9.96. The number of guanidine groups is 3. The number of carbonyl (C=O) groups is 11. The quantitative estimate of drug-likeness (QED) is 0.0174. The van der Waals surface area contributed by atoms with E-state index >= 15 is 9.59 Å². The van der Waals surface area contributed by atoms with Crippen molar-refractivity contribution in [2.24, 2.45) is 66.8 Å². The van der Waals surface area contributed by atoms with Crippen LogP contribution in [0.15, 0.2) is 69.6 Å². The molecule has 0 saturated carbocycles. The van der Waals surface area contributed by atoms with Gasteiger partial charge < -0.3 is 104 Å². The lowest BCUT2D eigenvalue weighted by Crippen LogP contribution is -2.63. The van der Waals surface area contributed by atoms with E-state index in [1.54, 1.807) is 84.0 Å². The van der Waals surface area contributed by atoms with Gasteiger partial charge in [-0.2, -0.15) is 0 Å². The fourth-order valence-electron chi connectivity index (χ4n) is 10.3. The number of aromatic hydroxyl groups is 1. The van der Waals surface area contributed by atoms with Gasteiger partial charge in [-0.05, 0) is 115 Å². The van der Waals surface area contributed by atoms with Gasteiger partial charge in [0.2, 0.25) is 65.0 Å². The molecule has 0 aromatic heterocycles. The zero-order valence-electron chi connectivity index (χ0n) is 55.2. The number of phenolic OH excluding ortho intramolecular Hbond substituents is 1. The molecule has 0 spiro atoms. The van der Waals surface area contributed by atoms with E-state index in [0.29, 0.717) is 24.0 Å². The van der Waals surface area contributed by atoms with Crippen molar-refractivity contribution in [3.63, 3.8) is 0 Å². The first kappa shape index (κ1) is 79.3. The second-order valence-corrected chi connectivity index (χ2v) is 28.0. The maximum atomic E-state index is 15.4. The Hall–Kier alpha value is -9.12. The Bertz CT molecular complexity index is 3110. The maximum Gasteiger partial charge on any atom is 0.245 e. The molecule has 2 aromatic carbocycles. The third kappa shape index (κ3) is 26.2. The van der Waals surface area contributed by atoms with Crippen molar-refractivity contribution in [2.75, 3.05) is 39.3 Å². The topological polar surface area (TPSA) is 565 Å². The third-order valence-electron chi connectivity index (χ3n) is 15.9. The van der Waals surface area contributed by atoms with E-state index in [2.05, 4.69) is 62.8 Å². The molecule has 35 heteroatoms. The second kappa shape index (κ2) is 38.4. The van der Waals surface area contributed by atoms with E-state index in [1.165, 1.54) is 17.0 Å². The van der Waals surface area contributed by atoms with Crippen LogP contribution in [-0.4, -0.2) is 196 Å². The highest BCUT2D eigenvalue weighted by atomic mass is 33.1. The number of rotatable bonds is 27. The van der Waals surface area contributed by atoms with Crippen LogP contribution in [-0.2, 0) is 65.6 Å². The first-order chi connectivity index (χ1) is 45.2. The Balaban J connectivity index is 1.83. The number of amides is 11. The first-order valence-electron chi connectivity index (χ1n) is 31.6. The van der Waals surface area contributed by atoms with Gasteiger partial charge in [0.1, 0.15) is 54.1 Å². The zero-order valence-corrected chi connectivity index (χ0v) is 56.8. The molecule has 0 aliphatic carbocycles. The van der Waals surface area contributed by atoms with Crippen LogP contribution in [0.2, 0.25) is 0 Å². The Labute approximate surface area is 566 Å². The van der Waals surface area contributed by atoms with E-state index in [0.717, 1.165) is 21.6 Å². The summed E-state index contributed by atoms with van der Waals surface area (Å²) < 4.78 is -2.86. The summed E-state index contributed by atoms with van der Waals surface area (Å²) in [5.41, 5.74) is 47.1. The second-order valence-electron chi connectivity index (χ2n) is 24.5. The molecular weight excluding hydrogens is 1280 g/mol. The fourth-order valence-corrected chi connectivity index (χ4v) is 13.1. The van der Waals surface area contributed by atoms with Crippen molar-refractivity contribution in [1.82, 2.24) is 52.8 Å². The van der Waals surface area contributed by atoms with E-state index in [4.69, 9.17) is 45.9 Å². The van der Waals surface area contributed by atoms with Gasteiger partial charge >= 0.3 is 0 Å². The normalized spacial score (nSPS) is 22.0.